The molecule has 4 aliphatic rings. The third kappa shape index (κ3) is 3.55. The third-order valence-electron chi connectivity index (χ3n) is 9.89. The molecule has 1 aliphatic heterocycles. The molecule has 3 aliphatic carbocycles. The molecule has 2 heteroatoms. The van der Waals surface area contributed by atoms with Crippen molar-refractivity contribution >= 4 is 22.7 Å². The molecular formula is C38H36N2. The first-order chi connectivity index (χ1) is 19.7. The van der Waals surface area contributed by atoms with Crippen LogP contribution in [-0.2, 0) is 6.42 Å². The number of benzene rings is 3. The Kier molecular flexibility index (Phi) is 5.52. The third-order valence-corrected chi connectivity index (χ3v) is 9.89. The van der Waals surface area contributed by atoms with E-state index in [2.05, 4.69) is 151 Å². The first-order valence-corrected chi connectivity index (χ1v) is 15.0. The van der Waals surface area contributed by atoms with Gasteiger partial charge in [-0.15, -0.1) is 0 Å². The van der Waals surface area contributed by atoms with Gasteiger partial charge in [0.1, 0.15) is 0 Å². The van der Waals surface area contributed by atoms with Gasteiger partial charge in [0, 0.05) is 51.8 Å². The second-order valence-corrected chi connectivity index (χ2v) is 12.3. The van der Waals surface area contributed by atoms with E-state index in [0.29, 0.717) is 41.7 Å². The number of anilines is 1. The van der Waals surface area contributed by atoms with Crippen molar-refractivity contribution in [1.29, 1.82) is 0 Å². The Morgan fingerprint density at radius 3 is 2.25 bits per heavy atom. The molecule has 2 heterocycles. The van der Waals surface area contributed by atoms with E-state index in [0.717, 1.165) is 6.42 Å². The number of hydrogen-bond acceptors (Lipinski definition) is 1. The predicted octanol–water partition coefficient (Wildman–Crippen LogP) is 8.74. The number of rotatable bonds is 3. The van der Waals surface area contributed by atoms with Crippen molar-refractivity contribution in [3.05, 3.63) is 138 Å². The summed E-state index contributed by atoms with van der Waals surface area (Å²) in [5.41, 5.74) is 8.22. The summed E-state index contributed by atoms with van der Waals surface area (Å²) in [7, 11) is 0. The zero-order valence-corrected chi connectivity index (χ0v) is 23.3. The minimum Gasteiger partial charge on any atom is -0.360 e. The van der Waals surface area contributed by atoms with Crippen molar-refractivity contribution in [1.82, 2.24) is 4.57 Å². The highest BCUT2D eigenvalue weighted by Crippen LogP contribution is 2.52. The van der Waals surface area contributed by atoms with Crippen molar-refractivity contribution < 1.29 is 0 Å². The van der Waals surface area contributed by atoms with Gasteiger partial charge in [0.2, 0.25) is 0 Å². The molecule has 7 atom stereocenters. The molecule has 1 fully saturated rings. The molecule has 2 nitrogen and oxygen atoms in total. The predicted molar refractivity (Wildman–Crippen MR) is 168 cm³/mol. The lowest BCUT2D eigenvalue weighted by atomic mass is 9.70. The van der Waals surface area contributed by atoms with Gasteiger partial charge < -0.3 is 9.47 Å². The molecule has 1 aromatic heterocycles. The summed E-state index contributed by atoms with van der Waals surface area (Å²) < 4.78 is 2.51. The van der Waals surface area contributed by atoms with Crippen LogP contribution in [0.5, 0.6) is 0 Å². The molecule has 4 aromatic rings. The van der Waals surface area contributed by atoms with Crippen LogP contribution < -0.4 is 4.90 Å². The molecule has 3 aromatic carbocycles. The Labute approximate surface area is 237 Å². The maximum absolute atomic E-state index is 2.75. The highest BCUT2D eigenvalue weighted by Gasteiger charge is 2.52. The lowest BCUT2D eigenvalue weighted by molar-refractivity contribution is 0.360. The molecule has 0 amide bonds. The van der Waals surface area contributed by atoms with E-state index in [-0.39, 0.29) is 0 Å². The van der Waals surface area contributed by atoms with Crippen molar-refractivity contribution in [2.75, 3.05) is 4.90 Å². The number of nitrogens with zero attached hydrogens (tertiary/aromatic N) is 2. The van der Waals surface area contributed by atoms with E-state index in [1.807, 2.05) is 0 Å². The van der Waals surface area contributed by atoms with Crippen LogP contribution in [0, 0.1) is 23.7 Å². The maximum Gasteiger partial charge on any atom is 0.0548 e. The van der Waals surface area contributed by atoms with Crippen LogP contribution >= 0.6 is 0 Å². The topological polar surface area (TPSA) is 8.17 Å². The molecule has 40 heavy (non-hydrogen) atoms. The lowest BCUT2D eigenvalue weighted by Crippen LogP contribution is -2.44. The largest absolute Gasteiger partial charge is 0.360 e. The summed E-state index contributed by atoms with van der Waals surface area (Å²) in [5, 5.41) is 1.39. The van der Waals surface area contributed by atoms with E-state index in [4.69, 9.17) is 0 Å². The quantitative estimate of drug-likeness (QED) is 0.245. The van der Waals surface area contributed by atoms with Gasteiger partial charge in [0.15, 0.2) is 0 Å². The van der Waals surface area contributed by atoms with Gasteiger partial charge in [0.05, 0.1) is 11.6 Å². The molecule has 0 N–H and O–H groups in total. The smallest absolute Gasteiger partial charge is 0.0548 e. The molecule has 198 valence electrons. The molecule has 0 radical (unpaired) electrons. The van der Waals surface area contributed by atoms with Crippen molar-refractivity contribution in [3.8, 4) is 5.69 Å². The summed E-state index contributed by atoms with van der Waals surface area (Å²) in [5.74, 6) is 2.41. The fraction of sp³-hybridized carbons (Fsp3) is 0.263. The van der Waals surface area contributed by atoms with Gasteiger partial charge in [-0.1, -0.05) is 105 Å². The van der Waals surface area contributed by atoms with E-state index in [1.165, 1.54) is 39.1 Å². The van der Waals surface area contributed by atoms with Gasteiger partial charge in [-0.05, 0) is 60.2 Å². The molecule has 0 bridgehead atoms. The van der Waals surface area contributed by atoms with E-state index in [9.17, 15) is 0 Å². The average Bonchev–Trinajstić information content (AvgIpc) is 3.50. The molecule has 0 saturated carbocycles. The van der Waals surface area contributed by atoms with Crippen LogP contribution in [0.2, 0.25) is 0 Å². The summed E-state index contributed by atoms with van der Waals surface area (Å²) >= 11 is 0. The first kappa shape index (κ1) is 23.8. The van der Waals surface area contributed by atoms with Crippen molar-refractivity contribution in [2.45, 2.75) is 38.3 Å². The first-order valence-electron chi connectivity index (χ1n) is 15.0. The zero-order valence-electron chi connectivity index (χ0n) is 23.3. The number of allylic oxidation sites excluding steroid dienone is 4. The Balaban J connectivity index is 1.31. The van der Waals surface area contributed by atoms with E-state index >= 15 is 0 Å². The number of fused-ring (bicyclic) bond motifs is 6. The molecule has 1 saturated heterocycles. The Bertz CT molecular complexity index is 1690. The van der Waals surface area contributed by atoms with Gasteiger partial charge in [0.25, 0.3) is 0 Å². The number of hydrogen-bond donors (Lipinski definition) is 0. The van der Waals surface area contributed by atoms with Gasteiger partial charge >= 0.3 is 0 Å². The molecule has 8 rings (SSSR count). The Morgan fingerprint density at radius 1 is 0.700 bits per heavy atom. The highest BCUT2D eigenvalue weighted by molar-refractivity contribution is 5.94. The van der Waals surface area contributed by atoms with Crippen LogP contribution in [0.15, 0.2) is 121 Å². The summed E-state index contributed by atoms with van der Waals surface area (Å²) in [4.78, 5) is 2.75. The van der Waals surface area contributed by atoms with Gasteiger partial charge in [-0.3, -0.25) is 0 Å². The summed E-state index contributed by atoms with van der Waals surface area (Å²) in [6.45, 7) is 4.75. The second kappa shape index (κ2) is 9.27. The van der Waals surface area contributed by atoms with Crippen LogP contribution in [0.4, 0.5) is 5.69 Å². The molecule has 7 unspecified atom stereocenters. The standard InChI is InChI=1S/C38H36N2/c1-25-17-20-31-33-24-27(19-22-35(33)39(36(31)23-25)28-11-5-3-6-12-28)37-26(2)18-21-32-30-15-9-10-16-34(30)40(38(32)37)29-13-7-4-8-14-29/h3-22,24-26,30,32,34,37-38H,23H2,1-2H3. The summed E-state index contributed by atoms with van der Waals surface area (Å²) in [6.07, 6.45) is 20.3. The minimum absolute atomic E-state index is 0.389. The fourth-order valence-corrected chi connectivity index (χ4v) is 8.18. The lowest BCUT2D eigenvalue weighted by Gasteiger charge is -2.42. The number of para-hydroxylation sites is 2. The van der Waals surface area contributed by atoms with E-state index < -0.39 is 0 Å². The monoisotopic (exact) mass is 520 g/mol. The molecular weight excluding hydrogens is 484 g/mol. The van der Waals surface area contributed by atoms with Crippen molar-refractivity contribution in [2.24, 2.45) is 23.7 Å². The van der Waals surface area contributed by atoms with Gasteiger partial charge in [-0.2, -0.15) is 0 Å². The Morgan fingerprint density at radius 2 is 1.45 bits per heavy atom. The molecule has 0 spiro atoms. The van der Waals surface area contributed by atoms with Crippen LogP contribution in [0.25, 0.3) is 22.7 Å². The second-order valence-electron chi connectivity index (χ2n) is 12.3. The average molecular weight is 521 g/mol. The highest BCUT2D eigenvalue weighted by atomic mass is 15.2. The minimum atomic E-state index is 0.389. The Hall–Kier alpha value is -4.04. The van der Waals surface area contributed by atoms with Crippen LogP contribution in [0.3, 0.4) is 0 Å². The van der Waals surface area contributed by atoms with E-state index in [1.54, 1.807) is 0 Å². The number of aromatic nitrogens is 1. The normalized spacial score (nSPS) is 29.9. The van der Waals surface area contributed by atoms with Crippen molar-refractivity contribution in [3.63, 3.8) is 0 Å². The SMILES string of the molecule is CC1C=Cc2c(n(-c3ccccc3)c3ccc(C4C(C)C=CC5C6C=CC=CC6N(c6ccccc6)C54)cc23)C1. The zero-order chi connectivity index (χ0) is 26.8. The van der Waals surface area contributed by atoms with Crippen LogP contribution in [-0.4, -0.2) is 16.7 Å². The summed E-state index contributed by atoms with van der Waals surface area (Å²) in [6, 6.07) is 30.2. The maximum atomic E-state index is 2.75. The van der Waals surface area contributed by atoms with Crippen LogP contribution in [0.1, 0.15) is 36.6 Å². The van der Waals surface area contributed by atoms with Gasteiger partial charge in [-0.25, -0.2) is 0 Å². The fourth-order valence-electron chi connectivity index (χ4n) is 8.18.